The fraction of sp³-hybridized carbons (Fsp3) is 0.150. The predicted octanol–water partition coefficient (Wildman–Crippen LogP) is 3.74. The Kier molecular flexibility index (Phi) is 5.56. The van der Waals surface area contributed by atoms with Gasteiger partial charge >= 0.3 is 0 Å². The molecule has 7 nitrogen and oxygen atoms in total. The van der Waals surface area contributed by atoms with Crippen molar-refractivity contribution < 1.29 is 18.4 Å². The number of aromatic nitrogens is 1. The minimum absolute atomic E-state index is 0.0378. The number of nitrogens with one attached hydrogen (secondary N) is 3. The zero-order valence-corrected chi connectivity index (χ0v) is 18.2. The van der Waals surface area contributed by atoms with Gasteiger partial charge in [-0.25, -0.2) is 13.9 Å². The number of thiophene rings is 1. The number of halogens is 1. The maximum Gasteiger partial charge on any atom is 0.261 e. The molecule has 0 saturated heterocycles. The van der Waals surface area contributed by atoms with E-state index in [4.69, 9.17) is 16.8 Å². The largest absolute Gasteiger partial charge is 0.358 e. The quantitative estimate of drug-likeness (QED) is 0.258. The van der Waals surface area contributed by atoms with Crippen LogP contribution in [0, 0.1) is 6.92 Å². The van der Waals surface area contributed by atoms with E-state index in [-0.39, 0.29) is 10.6 Å². The first-order valence-corrected chi connectivity index (χ1v) is 11.7. The molecule has 0 aliphatic heterocycles. The molecule has 0 fully saturated rings. The molecule has 2 heterocycles. The number of sulfonamides is 1. The molecule has 2 aromatic heterocycles. The summed E-state index contributed by atoms with van der Waals surface area (Å²) in [6, 6.07) is 13.4. The summed E-state index contributed by atoms with van der Waals surface area (Å²) in [6.45, 7) is 1.70. The Morgan fingerprint density at radius 3 is 2.73 bits per heavy atom. The molecule has 0 aliphatic carbocycles. The number of carbonyl (C=O) groups is 1. The van der Waals surface area contributed by atoms with Crippen LogP contribution in [0.3, 0.4) is 0 Å². The van der Waals surface area contributed by atoms with E-state index < -0.39 is 22.0 Å². The molecule has 2 aromatic carbocycles. The van der Waals surface area contributed by atoms with Crippen LogP contribution in [0.25, 0.3) is 21.0 Å². The summed E-state index contributed by atoms with van der Waals surface area (Å²) in [5, 5.41) is 11.3. The lowest BCUT2D eigenvalue weighted by molar-refractivity contribution is -0.130. The molecule has 0 saturated carbocycles. The normalized spacial score (nSPS) is 13.0. The van der Waals surface area contributed by atoms with E-state index in [9.17, 15) is 13.2 Å². The third kappa shape index (κ3) is 3.94. The highest BCUT2D eigenvalue weighted by Gasteiger charge is 2.29. The number of rotatable bonds is 6. The highest BCUT2D eigenvalue weighted by molar-refractivity contribution is 7.91. The first-order valence-electron chi connectivity index (χ1n) is 9.00. The number of fused-ring (bicyclic) bond motifs is 2. The summed E-state index contributed by atoms with van der Waals surface area (Å²) < 4.78 is 29.5. The maximum absolute atomic E-state index is 13.1. The fourth-order valence-corrected chi connectivity index (χ4v) is 6.53. The van der Waals surface area contributed by atoms with Crippen LogP contribution in [0.15, 0.2) is 52.7 Å². The molecule has 0 radical (unpaired) electrons. The Morgan fingerprint density at radius 2 is 2.00 bits per heavy atom. The second-order valence-electron chi connectivity index (χ2n) is 6.89. The first kappa shape index (κ1) is 20.8. The average Bonchev–Trinajstić information content (AvgIpc) is 3.27. The van der Waals surface area contributed by atoms with Crippen molar-refractivity contribution in [1.82, 2.24) is 15.2 Å². The number of H-pyrrole nitrogens is 1. The number of hydrogen-bond acceptors (Lipinski definition) is 5. The number of aryl methyl sites for hydroxylation is 1. The van der Waals surface area contributed by atoms with Crippen LogP contribution in [-0.4, -0.2) is 30.6 Å². The minimum Gasteiger partial charge on any atom is -0.358 e. The molecule has 0 spiro atoms. The van der Waals surface area contributed by atoms with Gasteiger partial charge in [0, 0.05) is 27.4 Å². The van der Waals surface area contributed by atoms with Crippen LogP contribution in [-0.2, 0) is 21.2 Å². The summed E-state index contributed by atoms with van der Waals surface area (Å²) in [5.41, 5.74) is 3.63. The SMILES string of the molecule is Cc1c(S(=O)(=O)NC(Cc2cc3ccccc3[nH]2)C(=O)NO)sc2ccc(Cl)cc12. The monoisotopic (exact) mass is 463 g/mol. The standard InChI is InChI=1S/C20H18ClN3O4S2/c1-11-15-9-13(21)6-7-18(15)29-20(11)30(27,28)24-17(19(25)23-26)10-14-8-12-4-2-3-5-16(12)22-14/h2-9,17,22,24,26H,10H2,1H3,(H,23,25). The van der Waals surface area contributed by atoms with Crippen molar-refractivity contribution in [3.8, 4) is 0 Å². The van der Waals surface area contributed by atoms with Crippen molar-refractivity contribution in [2.45, 2.75) is 23.6 Å². The van der Waals surface area contributed by atoms with E-state index in [2.05, 4.69) is 9.71 Å². The molecule has 4 aromatic rings. The summed E-state index contributed by atoms with van der Waals surface area (Å²) >= 11 is 7.14. The molecule has 30 heavy (non-hydrogen) atoms. The van der Waals surface area contributed by atoms with Gasteiger partial charge in [-0.15, -0.1) is 11.3 Å². The molecular weight excluding hydrogens is 446 g/mol. The van der Waals surface area contributed by atoms with Crippen LogP contribution < -0.4 is 10.2 Å². The molecule has 0 aliphatic rings. The first-order chi connectivity index (χ1) is 14.3. The summed E-state index contributed by atoms with van der Waals surface area (Å²) in [6.07, 6.45) is 0.0378. The summed E-state index contributed by atoms with van der Waals surface area (Å²) in [5.74, 6) is -0.848. The molecule has 1 atom stereocenters. The second kappa shape index (κ2) is 8.01. The van der Waals surface area contributed by atoms with Crippen LogP contribution in [0.2, 0.25) is 5.02 Å². The molecule has 0 bridgehead atoms. The van der Waals surface area contributed by atoms with Gasteiger partial charge < -0.3 is 4.98 Å². The lowest BCUT2D eigenvalue weighted by Crippen LogP contribution is -2.47. The van der Waals surface area contributed by atoms with Gasteiger partial charge in [-0.2, -0.15) is 4.72 Å². The van der Waals surface area contributed by atoms with Gasteiger partial charge in [0.15, 0.2) is 0 Å². The van der Waals surface area contributed by atoms with Crippen molar-refractivity contribution >= 4 is 59.9 Å². The van der Waals surface area contributed by atoms with Crippen molar-refractivity contribution in [2.24, 2.45) is 0 Å². The zero-order chi connectivity index (χ0) is 21.5. The van der Waals surface area contributed by atoms with Gasteiger partial charge in [0.25, 0.3) is 15.9 Å². The molecule has 4 rings (SSSR count). The third-order valence-electron chi connectivity index (χ3n) is 4.83. The Hall–Kier alpha value is -2.43. The fourth-order valence-electron chi connectivity index (χ4n) is 3.40. The van der Waals surface area contributed by atoms with Gasteiger partial charge in [-0.1, -0.05) is 29.8 Å². The van der Waals surface area contributed by atoms with Crippen molar-refractivity contribution in [1.29, 1.82) is 0 Å². The molecule has 1 unspecified atom stereocenters. The highest BCUT2D eigenvalue weighted by Crippen LogP contribution is 2.35. The Morgan fingerprint density at radius 1 is 1.23 bits per heavy atom. The number of aromatic amines is 1. The minimum atomic E-state index is -4.03. The third-order valence-corrected chi connectivity index (χ3v) is 8.43. The highest BCUT2D eigenvalue weighted by atomic mass is 35.5. The topological polar surface area (TPSA) is 111 Å². The van der Waals surface area contributed by atoms with E-state index in [1.54, 1.807) is 30.6 Å². The lowest BCUT2D eigenvalue weighted by atomic mass is 10.1. The van der Waals surface area contributed by atoms with E-state index >= 15 is 0 Å². The van der Waals surface area contributed by atoms with Crippen LogP contribution in [0.5, 0.6) is 0 Å². The Balaban J connectivity index is 1.67. The number of para-hydroxylation sites is 1. The number of amides is 1. The van der Waals surface area contributed by atoms with Gasteiger partial charge in [0.2, 0.25) is 0 Å². The smallest absolute Gasteiger partial charge is 0.261 e. The Bertz CT molecular complexity index is 1330. The van der Waals surface area contributed by atoms with E-state index in [1.165, 1.54) is 0 Å². The molecule has 1 amide bonds. The van der Waals surface area contributed by atoms with Crippen LogP contribution in [0.1, 0.15) is 11.3 Å². The maximum atomic E-state index is 13.1. The van der Waals surface area contributed by atoms with Gasteiger partial charge in [-0.05, 0) is 53.6 Å². The van der Waals surface area contributed by atoms with Crippen molar-refractivity contribution in [3.63, 3.8) is 0 Å². The van der Waals surface area contributed by atoms with Crippen LogP contribution in [0.4, 0.5) is 0 Å². The lowest BCUT2D eigenvalue weighted by Gasteiger charge is -2.16. The Labute approximate surface area is 181 Å². The molecular formula is C20H18ClN3O4S2. The van der Waals surface area contributed by atoms with E-state index in [0.717, 1.165) is 32.3 Å². The number of hydrogen-bond donors (Lipinski definition) is 4. The second-order valence-corrected chi connectivity index (χ2v) is 10.3. The van der Waals surface area contributed by atoms with Gasteiger partial charge in [-0.3, -0.25) is 10.0 Å². The number of benzene rings is 2. The van der Waals surface area contributed by atoms with E-state index in [1.807, 2.05) is 30.3 Å². The molecule has 10 heteroatoms. The van der Waals surface area contributed by atoms with E-state index in [0.29, 0.717) is 16.3 Å². The predicted molar refractivity (Wildman–Crippen MR) is 118 cm³/mol. The number of hydroxylamine groups is 1. The molecule has 156 valence electrons. The summed E-state index contributed by atoms with van der Waals surface area (Å²) in [7, 11) is -4.03. The van der Waals surface area contributed by atoms with Crippen LogP contribution >= 0.6 is 22.9 Å². The summed E-state index contributed by atoms with van der Waals surface area (Å²) in [4.78, 5) is 15.4. The van der Waals surface area contributed by atoms with Gasteiger partial charge in [0.1, 0.15) is 10.3 Å². The van der Waals surface area contributed by atoms with Crippen molar-refractivity contribution in [2.75, 3.05) is 0 Å². The average molecular weight is 464 g/mol. The number of carbonyl (C=O) groups excluding carboxylic acids is 1. The van der Waals surface area contributed by atoms with Gasteiger partial charge in [0.05, 0.1) is 0 Å². The zero-order valence-electron chi connectivity index (χ0n) is 15.8. The van der Waals surface area contributed by atoms with Crippen molar-refractivity contribution in [3.05, 3.63) is 64.8 Å². The molecule has 4 N–H and O–H groups in total.